The Morgan fingerprint density at radius 1 is 1.37 bits per heavy atom. The van der Waals surface area contributed by atoms with Gasteiger partial charge >= 0.3 is 0 Å². The quantitative estimate of drug-likeness (QED) is 0.908. The molecule has 2 heterocycles. The highest BCUT2D eigenvalue weighted by Gasteiger charge is 2.39. The number of rotatable bonds is 2. The van der Waals surface area contributed by atoms with Gasteiger partial charge in [-0.15, -0.1) is 0 Å². The van der Waals surface area contributed by atoms with E-state index in [0.717, 1.165) is 11.4 Å². The zero-order chi connectivity index (χ0) is 12.8. The zero-order valence-corrected chi connectivity index (χ0v) is 11.9. The lowest BCUT2D eigenvalue weighted by molar-refractivity contribution is 0.540. The Morgan fingerprint density at radius 2 is 2.26 bits per heavy atom. The molecule has 2 aromatic rings. The molecule has 2 aliphatic rings. The predicted molar refractivity (Wildman–Crippen MR) is 81.3 cm³/mol. The average molecular weight is 272 g/mol. The number of nitrogens with zero attached hydrogens (tertiary/aromatic N) is 2. The molecule has 1 saturated carbocycles. The highest BCUT2D eigenvalue weighted by molar-refractivity contribution is 8.01. The van der Waals surface area contributed by atoms with Gasteiger partial charge in [-0.2, -0.15) is 16.9 Å². The summed E-state index contributed by atoms with van der Waals surface area (Å²) < 4.78 is 0. The highest BCUT2D eigenvalue weighted by atomic mass is 32.2. The summed E-state index contributed by atoms with van der Waals surface area (Å²) in [4.78, 5) is 2.61. The molecule has 2 fully saturated rings. The second kappa shape index (κ2) is 4.44. The Bertz CT molecular complexity index is 590. The van der Waals surface area contributed by atoms with Crippen molar-refractivity contribution in [2.75, 3.05) is 10.7 Å². The Balaban J connectivity index is 1.73. The number of benzene rings is 1. The number of hydrogen-bond acceptors (Lipinski definition) is 3. The van der Waals surface area contributed by atoms with Crippen molar-refractivity contribution in [3.8, 4) is 0 Å². The Labute approximate surface area is 117 Å². The topological polar surface area (TPSA) is 31.9 Å². The maximum atomic E-state index is 4.12. The van der Waals surface area contributed by atoms with Crippen LogP contribution in [0.4, 0.5) is 5.69 Å². The van der Waals surface area contributed by atoms with Gasteiger partial charge in [-0.25, -0.2) is 0 Å². The van der Waals surface area contributed by atoms with Crippen LogP contribution in [-0.2, 0) is 0 Å². The molecule has 0 spiro atoms. The second-order valence-corrected chi connectivity index (χ2v) is 6.60. The molecule has 2 atom stereocenters. The molecule has 99 valence electrons. The molecule has 1 aliphatic carbocycles. The van der Waals surface area contributed by atoms with Crippen LogP contribution in [0.15, 0.2) is 24.4 Å². The lowest BCUT2D eigenvalue weighted by Gasteiger charge is -2.42. The molecule has 1 radical (unpaired) electrons. The molecule has 1 N–H and O–H groups in total. The fraction of sp³-hybridized carbons (Fsp3) is 0.467. The molecular formula is C15H18N3S. The number of hydrogen-bond donors (Lipinski definition) is 1. The minimum Gasteiger partial charge on any atom is -0.364 e. The standard InChI is InChI=1S/C15H18N3S/c1-10-8-19-9-15(11-2-3-11)18(10)13-5-4-12-7-16-17-14(12)6-13/h4-8,10-11,15H,2-3,9H2,1H3,(H,16,17). The van der Waals surface area contributed by atoms with Gasteiger partial charge in [0.1, 0.15) is 0 Å². The third-order valence-electron chi connectivity index (χ3n) is 4.25. The van der Waals surface area contributed by atoms with Crippen LogP contribution in [0.5, 0.6) is 0 Å². The summed E-state index contributed by atoms with van der Waals surface area (Å²) in [5.41, 5.74) is 2.47. The van der Waals surface area contributed by atoms with Crippen molar-refractivity contribution < 1.29 is 0 Å². The zero-order valence-electron chi connectivity index (χ0n) is 11.0. The first-order valence-electron chi connectivity index (χ1n) is 6.99. The molecule has 2 unspecified atom stereocenters. The largest absolute Gasteiger partial charge is 0.364 e. The van der Waals surface area contributed by atoms with E-state index in [2.05, 4.69) is 46.0 Å². The van der Waals surface area contributed by atoms with Crippen molar-refractivity contribution in [3.63, 3.8) is 0 Å². The number of thioether (sulfide) groups is 1. The van der Waals surface area contributed by atoms with Crippen molar-refractivity contribution in [1.82, 2.24) is 10.2 Å². The fourth-order valence-corrected chi connectivity index (χ4v) is 4.25. The van der Waals surface area contributed by atoms with Crippen molar-refractivity contribution >= 4 is 28.4 Å². The first kappa shape index (κ1) is 11.6. The van der Waals surface area contributed by atoms with Gasteiger partial charge in [-0.05, 0) is 43.9 Å². The Morgan fingerprint density at radius 3 is 3.11 bits per heavy atom. The summed E-state index contributed by atoms with van der Waals surface area (Å²) in [5.74, 6) is 4.51. The first-order chi connectivity index (χ1) is 9.33. The highest BCUT2D eigenvalue weighted by Crippen LogP contribution is 2.43. The van der Waals surface area contributed by atoms with Gasteiger partial charge in [0.2, 0.25) is 0 Å². The summed E-state index contributed by atoms with van der Waals surface area (Å²) in [7, 11) is 0. The van der Waals surface area contributed by atoms with Crippen LogP contribution < -0.4 is 4.90 Å². The third-order valence-corrected chi connectivity index (χ3v) is 5.37. The Kier molecular flexibility index (Phi) is 2.72. The lowest BCUT2D eigenvalue weighted by Crippen LogP contribution is -2.47. The number of aromatic nitrogens is 2. The van der Waals surface area contributed by atoms with Gasteiger partial charge in [-0.1, -0.05) is 0 Å². The molecule has 1 saturated heterocycles. The van der Waals surface area contributed by atoms with Gasteiger partial charge in [0.05, 0.1) is 11.7 Å². The van der Waals surface area contributed by atoms with E-state index >= 15 is 0 Å². The number of anilines is 1. The molecule has 1 aromatic carbocycles. The minimum atomic E-state index is 0.504. The molecule has 3 nitrogen and oxygen atoms in total. The second-order valence-electron chi connectivity index (χ2n) is 5.66. The van der Waals surface area contributed by atoms with Gasteiger partial charge in [0.25, 0.3) is 0 Å². The van der Waals surface area contributed by atoms with Crippen LogP contribution in [0.25, 0.3) is 10.9 Å². The average Bonchev–Trinajstić information content (AvgIpc) is 3.16. The van der Waals surface area contributed by atoms with E-state index in [1.165, 1.54) is 29.7 Å². The minimum absolute atomic E-state index is 0.504. The molecule has 19 heavy (non-hydrogen) atoms. The van der Waals surface area contributed by atoms with Crippen LogP contribution in [0.3, 0.4) is 0 Å². The van der Waals surface area contributed by atoms with E-state index in [1.807, 2.05) is 18.0 Å². The van der Waals surface area contributed by atoms with E-state index in [-0.39, 0.29) is 0 Å². The van der Waals surface area contributed by atoms with E-state index < -0.39 is 0 Å². The molecule has 1 aliphatic heterocycles. The van der Waals surface area contributed by atoms with Crippen LogP contribution in [0.1, 0.15) is 19.8 Å². The van der Waals surface area contributed by atoms with Crippen LogP contribution in [0.2, 0.25) is 0 Å². The SMILES string of the molecule is CC1[CH]SCC(C2CC2)N1c1ccc2cn[nH]c2c1. The van der Waals surface area contributed by atoms with Crippen LogP contribution >= 0.6 is 11.8 Å². The van der Waals surface area contributed by atoms with Gasteiger partial charge in [-0.3, -0.25) is 5.10 Å². The van der Waals surface area contributed by atoms with Gasteiger partial charge < -0.3 is 4.90 Å². The van der Waals surface area contributed by atoms with Crippen molar-refractivity contribution in [2.24, 2.45) is 5.92 Å². The van der Waals surface area contributed by atoms with E-state index in [0.29, 0.717) is 12.1 Å². The molecule has 1 aromatic heterocycles. The number of nitrogens with one attached hydrogen (secondary N) is 1. The summed E-state index contributed by atoms with van der Waals surface area (Å²) in [6, 6.07) is 7.87. The summed E-state index contributed by atoms with van der Waals surface area (Å²) in [6.07, 6.45) is 4.70. The molecular weight excluding hydrogens is 254 g/mol. The van der Waals surface area contributed by atoms with E-state index in [4.69, 9.17) is 0 Å². The lowest BCUT2D eigenvalue weighted by atomic mass is 10.1. The van der Waals surface area contributed by atoms with E-state index in [9.17, 15) is 0 Å². The maximum absolute atomic E-state index is 4.12. The number of fused-ring (bicyclic) bond motifs is 1. The Hall–Kier alpha value is -1.16. The maximum Gasteiger partial charge on any atom is 0.0670 e. The summed E-state index contributed by atoms with van der Waals surface area (Å²) >= 11 is 2.00. The van der Waals surface area contributed by atoms with Crippen molar-refractivity contribution in [3.05, 3.63) is 30.1 Å². The normalized spacial score (nSPS) is 27.9. The summed E-state index contributed by atoms with van der Waals surface area (Å²) in [5, 5.41) is 8.39. The summed E-state index contributed by atoms with van der Waals surface area (Å²) in [6.45, 7) is 2.30. The van der Waals surface area contributed by atoms with Crippen molar-refractivity contribution in [2.45, 2.75) is 31.8 Å². The van der Waals surface area contributed by atoms with E-state index in [1.54, 1.807) is 0 Å². The molecule has 4 rings (SSSR count). The predicted octanol–water partition coefficient (Wildman–Crippen LogP) is 3.44. The van der Waals surface area contributed by atoms with Crippen LogP contribution in [0, 0.1) is 11.7 Å². The van der Waals surface area contributed by atoms with Gasteiger partial charge in [0.15, 0.2) is 0 Å². The number of H-pyrrole nitrogens is 1. The molecule has 0 amide bonds. The third kappa shape index (κ3) is 2.02. The molecule has 4 heteroatoms. The van der Waals surface area contributed by atoms with Gasteiger partial charge in [0, 0.05) is 34.7 Å². The van der Waals surface area contributed by atoms with Crippen LogP contribution in [-0.4, -0.2) is 28.0 Å². The fourth-order valence-electron chi connectivity index (χ4n) is 3.10. The first-order valence-corrected chi connectivity index (χ1v) is 8.04. The smallest absolute Gasteiger partial charge is 0.0670 e. The molecule has 0 bridgehead atoms. The monoisotopic (exact) mass is 272 g/mol. The number of aromatic amines is 1. The van der Waals surface area contributed by atoms with Crippen molar-refractivity contribution in [1.29, 1.82) is 0 Å².